The van der Waals surface area contributed by atoms with E-state index in [4.69, 9.17) is 4.74 Å². The molecular weight excluding hydrogens is 428 g/mol. The van der Waals surface area contributed by atoms with Crippen LogP contribution in [0.5, 0.6) is 0 Å². The van der Waals surface area contributed by atoms with Gasteiger partial charge in [0.05, 0.1) is 0 Å². The molecule has 4 heteroatoms. The third kappa shape index (κ3) is 3.21. The molecule has 0 atom stereocenters. The van der Waals surface area contributed by atoms with Crippen molar-refractivity contribution in [3.8, 4) is 11.1 Å². The van der Waals surface area contributed by atoms with Crippen molar-refractivity contribution < 1.29 is 33.4 Å². The first-order valence-electron chi connectivity index (χ1n) is 8.43. The quantitative estimate of drug-likeness (QED) is 0.391. The fraction of sp³-hybridized carbons (Fsp3) is 0.381. The van der Waals surface area contributed by atoms with Crippen LogP contribution in [0.25, 0.3) is 11.1 Å². The molecule has 0 amide bonds. The van der Waals surface area contributed by atoms with Gasteiger partial charge in [-0.1, -0.05) is 0 Å². The molecule has 0 saturated heterocycles. The third-order valence-electron chi connectivity index (χ3n) is 4.61. The van der Waals surface area contributed by atoms with Gasteiger partial charge in [0.25, 0.3) is 0 Å². The molecular formula is C21H25FINO. The summed E-state index contributed by atoms with van der Waals surface area (Å²) in [5.74, 6) is 0.486. The summed E-state index contributed by atoms with van der Waals surface area (Å²) in [5, 5.41) is 0. The molecule has 1 aliphatic heterocycles. The molecule has 0 radical (unpaired) electrons. The second-order valence-electron chi connectivity index (χ2n) is 7.29. The van der Waals surface area contributed by atoms with Crippen LogP contribution in [0.4, 0.5) is 4.39 Å². The van der Waals surface area contributed by atoms with Crippen LogP contribution >= 0.6 is 0 Å². The average Bonchev–Trinajstić information content (AvgIpc) is 2.80. The number of alkyl halides is 1. The van der Waals surface area contributed by atoms with E-state index in [2.05, 4.69) is 54.5 Å². The fourth-order valence-electron chi connectivity index (χ4n) is 3.66. The maximum atomic E-state index is 15.0. The third-order valence-corrected chi connectivity index (χ3v) is 7.32. The van der Waals surface area contributed by atoms with Gasteiger partial charge in [-0.15, -0.1) is 0 Å². The van der Waals surface area contributed by atoms with Gasteiger partial charge in [0.15, 0.2) is 0 Å². The van der Waals surface area contributed by atoms with Gasteiger partial charge >= 0.3 is 161 Å². The number of hydrogen-bond donors (Lipinski definition) is 0. The van der Waals surface area contributed by atoms with E-state index in [9.17, 15) is 4.39 Å². The van der Waals surface area contributed by atoms with Crippen molar-refractivity contribution in [3.63, 3.8) is 0 Å². The zero-order valence-corrected chi connectivity index (χ0v) is 17.9. The Kier molecular flexibility index (Phi) is 4.93. The molecule has 2 aromatic carbocycles. The van der Waals surface area contributed by atoms with Crippen LogP contribution in [0.2, 0.25) is 0 Å². The van der Waals surface area contributed by atoms with Gasteiger partial charge in [0.1, 0.15) is 0 Å². The van der Waals surface area contributed by atoms with Gasteiger partial charge in [-0.2, -0.15) is 0 Å². The number of halogens is 2. The van der Waals surface area contributed by atoms with Crippen LogP contribution in [0.15, 0.2) is 30.3 Å². The van der Waals surface area contributed by atoms with Crippen LogP contribution < -0.4 is 21.5 Å². The molecule has 0 N–H and O–H groups in total. The standard InChI is InChI=1S/C21H25FINO/c1-13-10-14(2)18(15(3)11-13)16-8-7-9-17(22)19(16)20-24(23-6)21(4,5)12-25-20/h7-11H,12H2,1-6H3. The van der Waals surface area contributed by atoms with Crippen LogP contribution in [0.1, 0.15) is 36.1 Å². The monoisotopic (exact) mass is 453 g/mol. The number of aryl methyl sites for hydroxylation is 3. The Labute approximate surface area is 160 Å². The summed E-state index contributed by atoms with van der Waals surface area (Å²) >= 11 is -0.264. The van der Waals surface area contributed by atoms with Crippen LogP contribution in [-0.4, -0.2) is 25.8 Å². The average molecular weight is 453 g/mol. The van der Waals surface area contributed by atoms with Gasteiger partial charge in [0, 0.05) is 0 Å². The Morgan fingerprint density at radius 3 is 2.32 bits per heavy atom. The summed E-state index contributed by atoms with van der Waals surface area (Å²) in [7, 11) is 0. The molecule has 0 bridgehead atoms. The molecule has 3 rings (SSSR count). The van der Waals surface area contributed by atoms with Crippen LogP contribution in [-0.2, 0) is 4.74 Å². The number of benzene rings is 2. The molecule has 2 aromatic rings. The molecule has 1 aliphatic rings. The Balaban J connectivity index is 2.32. The summed E-state index contributed by atoms with van der Waals surface area (Å²) in [5.41, 5.74) is 6.10. The summed E-state index contributed by atoms with van der Waals surface area (Å²) in [6, 6.07) is 9.65. The van der Waals surface area contributed by atoms with Crippen molar-refractivity contribution >= 4 is 5.90 Å². The zero-order chi connectivity index (χ0) is 18.4. The van der Waals surface area contributed by atoms with Crippen molar-refractivity contribution in [1.82, 2.24) is 0 Å². The molecule has 0 unspecified atom stereocenters. The summed E-state index contributed by atoms with van der Waals surface area (Å²) < 4.78 is 23.3. The predicted molar refractivity (Wildman–Crippen MR) is 96.4 cm³/mol. The first-order valence-corrected chi connectivity index (χ1v) is 11.6. The van der Waals surface area contributed by atoms with Crippen molar-refractivity contribution in [3.05, 3.63) is 58.4 Å². The minimum absolute atomic E-state index is 0.0890. The predicted octanol–water partition coefficient (Wildman–Crippen LogP) is 1.62. The minimum atomic E-state index is -0.264. The van der Waals surface area contributed by atoms with Gasteiger partial charge in [-0.05, 0) is 0 Å². The number of hydrogen-bond acceptors (Lipinski definition) is 1. The van der Waals surface area contributed by atoms with E-state index in [1.54, 1.807) is 6.07 Å². The zero-order valence-electron chi connectivity index (χ0n) is 15.7. The van der Waals surface area contributed by atoms with Crippen molar-refractivity contribution in [2.45, 2.75) is 40.2 Å². The molecule has 1 heterocycles. The van der Waals surface area contributed by atoms with E-state index in [1.165, 1.54) is 22.8 Å². The van der Waals surface area contributed by atoms with Gasteiger partial charge < -0.3 is 0 Å². The van der Waals surface area contributed by atoms with E-state index >= 15 is 0 Å². The first-order chi connectivity index (χ1) is 11.8. The van der Waals surface area contributed by atoms with Crippen molar-refractivity contribution in [2.75, 3.05) is 11.5 Å². The summed E-state index contributed by atoms with van der Waals surface area (Å²) in [6.07, 6.45) is 0. The van der Waals surface area contributed by atoms with Gasteiger partial charge in [-0.25, -0.2) is 0 Å². The Morgan fingerprint density at radius 2 is 1.72 bits per heavy atom. The van der Waals surface area contributed by atoms with E-state index in [0.717, 1.165) is 11.1 Å². The van der Waals surface area contributed by atoms with E-state index < -0.39 is 0 Å². The first kappa shape index (κ1) is 18.4. The molecule has 0 fully saturated rings. The molecule has 0 saturated carbocycles. The second kappa shape index (κ2) is 6.71. The Bertz CT molecular complexity index is 847. The van der Waals surface area contributed by atoms with Crippen molar-refractivity contribution in [1.29, 1.82) is 0 Å². The fourth-order valence-corrected chi connectivity index (χ4v) is 5.93. The SMILES string of the molecule is C[I-][N+]1=C(c2c(F)cccc2-c2c(C)cc(C)cc2C)OCC1(C)C. The number of ether oxygens (including phenoxy) is 1. The number of nitrogens with zero attached hydrogens (tertiary/aromatic N) is 1. The molecule has 2 nitrogen and oxygen atoms in total. The van der Waals surface area contributed by atoms with E-state index in [-0.39, 0.29) is 32.8 Å². The van der Waals surface area contributed by atoms with E-state index in [1.807, 2.05) is 6.07 Å². The topological polar surface area (TPSA) is 12.2 Å². The van der Waals surface area contributed by atoms with Gasteiger partial charge in [0.2, 0.25) is 0 Å². The Hall–Kier alpha value is -1.43. The second-order valence-corrected chi connectivity index (χ2v) is 9.22. The van der Waals surface area contributed by atoms with Crippen LogP contribution in [0.3, 0.4) is 0 Å². The van der Waals surface area contributed by atoms with Crippen LogP contribution in [0, 0.1) is 26.6 Å². The molecule has 134 valence electrons. The Morgan fingerprint density at radius 1 is 1.08 bits per heavy atom. The summed E-state index contributed by atoms with van der Waals surface area (Å²) in [6.45, 7) is 11.2. The van der Waals surface area contributed by atoms with Crippen molar-refractivity contribution in [2.24, 2.45) is 0 Å². The molecule has 0 spiro atoms. The van der Waals surface area contributed by atoms with Gasteiger partial charge in [-0.3, -0.25) is 0 Å². The molecule has 0 aliphatic carbocycles. The molecule has 25 heavy (non-hydrogen) atoms. The summed E-state index contributed by atoms with van der Waals surface area (Å²) in [4.78, 5) is 2.19. The molecule has 0 aromatic heterocycles. The maximum absolute atomic E-state index is 15.0. The normalized spacial score (nSPS) is 16.4. The van der Waals surface area contributed by atoms with E-state index in [0.29, 0.717) is 18.1 Å². The number of rotatable bonds is 3.